The highest BCUT2D eigenvalue weighted by Gasteiger charge is 1.88. The van der Waals surface area contributed by atoms with Gasteiger partial charge in [0.2, 0.25) is 0 Å². The van der Waals surface area contributed by atoms with Gasteiger partial charge in [-0.15, -0.1) is 0 Å². The Labute approximate surface area is 54.4 Å². The third-order valence-electron chi connectivity index (χ3n) is 0.608. The Morgan fingerprint density at radius 2 is 2.22 bits per heavy atom. The molecule has 0 aromatic rings. The average molecular weight is 135 g/mol. The summed E-state index contributed by atoms with van der Waals surface area (Å²) in [6.45, 7) is 1.75. The molecule has 0 radical (unpaired) electrons. The fourth-order valence-electron chi connectivity index (χ4n) is 0.280. The van der Waals surface area contributed by atoms with Crippen molar-refractivity contribution in [2.24, 2.45) is 0 Å². The average Bonchev–Trinajstić information content (AvgIpc) is 1.66. The molecule has 0 saturated heterocycles. The Morgan fingerprint density at radius 3 is 2.56 bits per heavy atom. The van der Waals surface area contributed by atoms with Crippen LogP contribution in [0.15, 0.2) is 0 Å². The van der Waals surface area contributed by atoms with Gasteiger partial charge in [-0.3, -0.25) is 4.79 Å². The molecule has 4 heteroatoms. The van der Waals surface area contributed by atoms with Gasteiger partial charge in [-0.2, -0.15) is 0 Å². The predicted octanol–water partition coefficient (Wildman–Crippen LogP) is 0.0939. The molecule has 0 rings (SSSR count). The number of esters is 1. The van der Waals surface area contributed by atoms with Gasteiger partial charge >= 0.3 is 5.97 Å². The van der Waals surface area contributed by atoms with Crippen molar-refractivity contribution in [1.82, 2.24) is 6.15 Å². The van der Waals surface area contributed by atoms with Gasteiger partial charge < -0.3 is 16.0 Å². The van der Waals surface area contributed by atoms with Gasteiger partial charge in [0.15, 0.2) is 0 Å². The van der Waals surface area contributed by atoms with Gasteiger partial charge in [0.05, 0.1) is 6.61 Å². The molecule has 0 bridgehead atoms. The highest BCUT2D eigenvalue weighted by atomic mass is 16.5. The first-order chi connectivity index (χ1) is 3.77. The van der Waals surface area contributed by atoms with Gasteiger partial charge in [-0.1, -0.05) is 0 Å². The van der Waals surface area contributed by atoms with E-state index in [0.717, 1.165) is 0 Å². The molecular weight excluding hydrogens is 122 g/mol. The van der Waals surface area contributed by atoms with Gasteiger partial charge in [-0.05, 0) is 0 Å². The Bertz CT molecular complexity index is 74.6. The SMILES string of the molecule is CC(=O)OCCCO.N. The van der Waals surface area contributed by atoms with E-state index in [1.54, 1.807) is 0 Å². The molecule has 4 nitrogen and oxygen atoms in total. The maximum atomic E-state index is 10.0. The molecule has 0 aliphatic rings. The van der Waals surface area contributed by atoms with Crippen molar-refractivity contribution in [2.75, 3.05) is 13.2 Å². The number of aliphatic hydroxyl groups is 1. The third kappa shape index (κ3) is 11.1. The summed E-state index contributed by atoms with van der Waals surface area (Å²) in [5.41, 5.74) is 0. The molecule has 0 aromatic heterocycles. The maximum absolute atomic E-state index is 10.0. The van der Waals surface area contributed by atoms with Crippen LogP contribution in [0.25, 0.3) is 0 Å². The van der Waals surface area contributed by atoms with Crippen LogP contribution in [-0.4, -0.2) is 24.3 Å². The van der Waals surface area contributed by atoms with Crippen molar-refractivity contribution < 1.29 is 14.6 Å². The molecule has 0 atom stereocenters. The monoisotopic (exact) mass is 135 g/mol. The number of rotatable bonds is 3. The topological polar surface area (TPSA) is 81.5 Å². The van der Waals surface area contributed by atoms with E-state index in [2.05, 4.69) is 4.74 Å². The van der Waals surface area contributed by atoms with Crippen molar-refractivity contribution in [1.29, 1.82) is 0 Å². The summed E-state index contributed by atoms with van der Waals surface area (Å²) >= 11 is 0. The summed E-state index contributed by atoms with van der Waals surface area (Å²) in [5, 5.41) is 8.19. The molecule has 0 saturated carbocycles. The predicted molar refractivity (Wildman–Crippen MR) is 33.4 cm³/mol. The normalized spacial score (nSPS) is 7.78. The summed E-state index contributed by atoms with van der Waals surface area (Å²) in [5.74, 6) is -0.293. The second-order valence-electron chi connectivity index (χ2n) is 1.42. The Balaban J connectivity index is 0. The van der Waals surface area contributed by atoms with E-state index in [-0.39, 0.29) is 18.7 Å². The van der Waals surface area contributed by atoms with Crippen LogP contribution in [0.3, 0.4) is 0 Å². The molecule has 0 fully saturated rings. The van der Waals surface area contributed by atoms with E-state index < -0.39 is 0 Å². The number of hydrogen-bond acceptors (Lipinski definition) is 4. The van der Waals surface area contributed by atoms with E-state index >= 15 is 0 Å². The lowest BCUT2D eigenvalue weighted by atomic mass is 10.5. The minimum Gasteiger partial charge on any atom is -0.466 e. The summed E-state index contributed by atoms with van der Waals surface area (Å²) in [4.78, 5) is 10.0. The third-order valence-corrected chi connectivity index (χ3v) is 0.608. The number of carbonyl (C=O) groups is 1. The summed E-state index contributed by atoms with van der Waals surface area (Å²) in [6, 6.07) is 0. The van der Waals surface area contributed by atoms with E-state index in [4.69, 9.17) is 5.11 Å². The molecule has 56 valence electrons. The zero-order chi connectivity index (χ0) is 6.41. The van der Waals surface area contributed by atoms with E-state index in [1.165, 1.54) is 6.92 Å². The van der Waals surface area contributed by atoms with Crippen molar-refractivity contribution in [3.8, 4) is 0 Å². The second-order valence-corrected chi connectivity index (χ2v) is 1.42. The van der Waals surface area contributed by atoms with Crippen LogP contribution in [0.5, 0.6) is 0 Å². The lowest BCUT2D eigenvalue weighted by Crippen LogP contribution is -2.01. The minimum absolute atomic E-state index is 0. The quantitative estimate of drug-likeness (QED) is 0.424. The van der Waals surface area contributed by atoms with E-state index in [1.807, 2.05) is 0 Å². The molecule has 0 aromatic carbocycles. The van der Waals surface area contributed by atoms with Crippen LogP contribution in [0.2, 0.25) is 0 Å². The Hall–Kier alpha value is -0.610. The summed E-state index contributed by atoms with van der Waals surface area (Å²) in [7, 11) is 0. The largest absolute Gasteiger partial charge is 0.466 e. The van der Waals surface area contributed by atoms with Crippen molar-refractivity contribution in [3.05, 3.63) is 0 Å². The first-order valence-electron chi connectivity index (χ1n) is 2.51. The molecule has 0 heterocycles. The highest BCUT2D eigenvalue weighted by Crippen LogP contribution is 1.79. The zero-order valence-electron chi connectivity index (χ0n) is 5.59. The van der Waals surface area contributed by atoms with Gasteiger partial charge in [-0.25, -0.2) is 0 Å². The molecule has 0 aliphatic carbocycles. The first kappa shape index (κ1) is 11.2. The molecule has 0 amide bonds. The summed E-state index contributed by atoms with van der Waals surface area (Å²) < 4.78 is 4.48. The lowest BCUT2D eigenvalue weighted by Gasteiger charge is -1.96. The van der Waals surface area contributed by atoms with Crippen LogP contribution >= 0.6 is 0 Å². The van der Waals surface area contributed by atoms with E-state index in [0.29, 0.717) is 13.0 Å². The highest BCUT2D eigenvalue weighted by molar-refractivity contribution is 5.65. The van der Waals surface area contributed by atoms with Crippen LogP contribution in [-0.2, 0) is 9.53 Å². The maximum Gasteiger partial charge on any atom is 0.302 e. The number of carbonyl (C=O) groups excluding carboxylic acids is 1. The number of hydrogen-bond donors (Lipinski definition) is 2. The van der Waals surface area contributed by atoms with Crippen molar-refractivity contribution in [3.63, 3.8) is 0 Å². The smallest absolute Gasteiger partial charge is 0.302 e. The van der Waals surface area contributed by atoms with Crippen LogP contribution in [0.4, 0.5) is 0 Å². The molecule has 0 aliphatic heterocycles. The molecule has 0 unspecified atom stereocenters. The molecular formula is C5H13NO3. The fraction of sp³-hybridized carbons (Fsp3) is 0.800. The Morgan fingerprint density at radius 1 is 1.67 bits per heavy atom. The van der Waals surface area contributed by atoms with Crippen LogP contribution < -0.4 is 6.15 Å². The van der Waals surface area contributed by atoms with Gasteiger partial charge in [0.25, 0.3) is 0 Å². The van der Waals surface area contributed by atoms with E-state index in [9.17, 15) is 4.79 Å². The van der Waals surface area contributed by atoms with Crippen LogP contribution in [0.1, 0.15) is 13.3 Å². The number of aliphatic hydroxyl groups excluding tert-OH is 1. The fourth-order valence-corrected chi connectivity index (χ4v) is 0.280. The standard InChI is InChI=1S/C5H10O3.H3N/c1-5(7)8-4-2-3-6;/h6H,2-4H2,1H3;1H3. The minimum atomic E-state index is -0.293. The Kier molecular flexibility index (Phi) is 9.21. The van der Waals surface area contributed by atoms with Gasteiger partial charge in [0, 0.05) is 20.0 Å². The van der Waals surface area contributed by atoms with Gasteiger partial charge in [0.1, 0.15) is 0 Å². The van der Waals surface area contributed by atoms with Crippen molar-refractivity contribution >= 4 is 5.97 Å². The zero-order valence-corrected chi connectivity index (χ0v) is 5.59. The second kappa shape index (κ2) is 7.39. The molecule has 0 spiro atoms. The van der Waals surface area contributed by atoms with Crippen molar-refractivity contribution in [2.45, 2.75) is 13.3 Å². The summed E-state index contributed by atoms with van der Waals surface area (Å²) in [6.07, 6.45) is 0.527. The lowest BCUT2D eigenvalue weighted by molar-refractivity contribution is -0.141. The first-order valence-corrected chi connectivity index (χ1v) is 2.51. The number of ether oxygens (including phenoxy) is 1. The molecule has 9 heavy (non-hydrogen) atoms. The van der Waals surface area contributed by atoms with Crippen LogP contribution in [0, 0.1) is 0 Å². The molecule has 4 N–H and O–H groups in total.